The number of carboxylic acids is 1. The molecule has 1 aliphatic heterocycles. The van der Waals surface area contributed by atoms with Gasteiger partial charge in [0, 0.05) is 12.5 Å². The molecule has 1 aliphatic carbocycles. The number of carbonyl (C=O) groups is 3. The van der Waals surface area contributed by atoms with E-state index in [-0.39, 0.29) is 55.8 Å². The summed E-state index contributed by atoms with van der Waals surface area (Å²) in [6, 6.07) is 14.8. The summed E-state index contributed by atoms with van der Waals surface area (Å²) in [5, 5.41) is 12.0. The van der Waals surface area contributed by atoms with Crippen LogP contribution in [0.3, 0.4) is 0 Å². The number of rotatable bonds is 14. The monoisotopic (exact) mass is 746 g/mol. The number of esters is 1. The molecule has 0 aromatic heterocycles. The summed E-state index contributed by atoms with van der Waals surface area (Å²) in [5.74, 6) is -1.67. The molecule has 3 aromatic rings. The Kier molecular flexibility index (Phi) is 11.8. The highest BCUT2D eigenvalue weighted by Crippen LogP contribution is 2.45. The van der Waals surface area contributed by atoms with Crippen molar-refractivity contribution in [3.05, 3.63) is 94.6 Å². The van der Waals surface area contributed by atoms with Crippen molar-refractivity contribution < 1.29 is 42.1 Å². The number of nitrogens with one attached hydrogen (secondary N) is 2. The normalized spacial score (nSPS) is 17.0. The van der Waals surface area contributed by atoms with Crippen LogP contribution in [-0.2, 0) is 35.5 Å². The van der Waals surface area contributed by atoms with E-state index in [2.05, 4.69) is 21.6 Å². The van der Waals surface area contributed by atoms with E-state index in [9.17, 15) is 27.9 Å². The Morgan fingerprint density at radius 2 is 1.70 bits per heavy atom. The number of nitrogens with two attached hydrogens (primary N) is 1. The van der Waals surface area contributed by atoms with Crippen molar-refractivity contribution in [2.75, 3.05) is 19.8 Å². The van der Waals surface area contributed by atoms with E-state index in [1.54, 1.807) is 27.7 Å². The van der Waals surface area contributed by atoms with Crippen LogP contribution in [-0.4, -0.2) is 68.9 Å². The number of fused-ring (bicyclic) bond motifs is 4. The lowest BCUT2D eigenvalue weighted by atomic mass is 9.86. The predicted octanol–water partition coefficient (Wildman–Crippen LogP) is 5.18. The third-order valence-corrected chi connectivity index (χ3v) is 11.4. The smallest absolute Gasteiger partial charge is 0.407 e. The first-order valence-electron chi connectivity index (χ1n) is 17.4. The molecule has 0 saturated heterocycles. The number of aliphatic carboxylic acids is 1. The molecule has 0 saturated carbocycles. The number of guanidine groups is 1. The van der Waals surface area contributed by atoms with Crippen molar-refractivity contribution in [2.45, 2.75) is 82.3 Å². The highest BCUT2D eigenvalue weighted by atomic mass is 32.2. The number of ether oxygens (including phenoxy) is 3. The number of benzene rings is 3. The van der Waals surface area contributed by atoms with Crippen LogP contribution in [0.5, 0.6) is 5.75 Å². The van der Waals surface area contributed by atoms with Crippen LogP contribution in [0.2, 0.25) is 0 Å². The summed E-state index contributed by atoms with van der Waals surface area (Å²) in [6.45, 7) is 10.4. The minimum atomic E-state index is -4.18. The summed E-state index contributed by atoms with van der Waals surface area (Å²) in [4.78, 5) is 41.5. The van der Waals surface area contributed by atoms with Crippen LogP contribution in [0, 0.1) is 20.8 Å². The molecular weight excluding hydrogens is 701 g/mol. The second kappa shape index (κ2) is 16.1. The number of amides is 1. The largest absolute Gasteiger partial charge is 0.486 e. The summed E-state index contributed by atoms with van der Waals surface area (Å²) < 4.78 is 46.6. The molecular formula is C39H46N4O9S. The molecule has 2 atom stereocenters. The van der Waals surface area contributed by atoms with Gasteiger partial charge in [-0.05, 0) is 97.9 Å². The van der Waals surface area contributed by atoms with Crippen LogP contribution in [0.4, 0.5) is 4.79 Å². The Hall–Kier alpha value is -5.37. The lowest BCUT2D eigenvalue weighted by Gasteiger charge is -2.37. The van der Waals surface area contributed by atoms with E-state index >= 15 is 0 Å². The van der Waals surface area contributed by atoms with Gasteiger partial charge in [0.2, 0.25) is 5.96 Å². The summed E-state index contributed by atoms with van der Waals surface area (Å²) in [6.07, 6.45) is 1.64. The van der Waals surface area contributed by atoms with Crippen LogP contribution in [0.25, 0.3) is 11.1 Å². The highest BCUT2D eigenvalue weighted by molar-refractivity contribution is 7.90. The fourth-order valence-corrected chi connectivity index (χ4v) is 8.64. The first-order valence-corrected chi connectivity index (χ1v) is 18.9. The molecule has 1 amide bonds. The fraction of sp³-hybridized carbons (Fsp3) is 0.385. The number of carboxylic acid groups (broad SMARTS) is 1. The van der Waals surface area contributed by atoms with Crippen LogP contribution >= 0.6 is 0 Å². The average Bonchev–Trinajstić information content (AvgIpc) is 3.42. The Balaban J connectivity index is 1.20. The van der Waals surface area contributed by atoms with Crippen molar-refractivity contribution in [3.63, 3.8) is 0 Å². The van der Waals surface area contributed by atoms with Gasteiger partial charge in [-0.25, -0.2) is 22.7 Å². The maximum absolute atomic E-state index is 13.6. The molecule has 0 fully saturated rings. The van der Waals surface area contributed by atoms with E-state index in [1.165, 1.54) is 6.08 Å². The number of hydrogen-bond acceptors (Lipinski definition) is 9. The van der Waals surface area contributed by atoms with E-state index in [0.29, 0.717) is 40.8 Å². The molecule has 5 N–H and O–H groups in total. The summed E-state index contributed by atoms with van der Waals surface area (Å²) >= 11 is 0. The molecule has 0 radical (unpaired) electrons. The minimum absolute atomic E-state index is 0.0309. The van der Waals surface area contributed by atoms with E-state index in [4.69, 9.17) is 19.9 Å². The topological polar surface area (TPSA) is 196 Å². The average molecular weight is 747 g/mol. The van der Waals surface area contributed by atoms with Crippen molar-refractivity contribution in [1.82, 2.24) is 10.0 Å². The van der Waals surface area contributed by atoms with E-state index in [0.717, 1.165) is 22.3 Å². The SMILES string of the molecule is C=CCOC(=O)[C@H](CCCN=C(N)NS(=O)(=O)c1c(C)c(C)c2c(c1C)CCC(C)(CC(=O)O)O2)NC(=O)OCC1c2ccccc2-c2ccccc21. The number of carbonyl (C=O) groups excluding carboxylic acids is 2. The lowest BCUT2D eigenvalue weighted by molar-refractivity contribution is -0.145. The van der Waals surface area contributed by atoms with Crippen LogP contribution in [0.1, 0.15) is 71.9 Å². The molecule has 1 unspecified atom stereocenters. The minimum Gasteiger partial charge on any atom is -0.486 e. The van der Waals surface area contributed by atoms with Gasteiger partial charge in [0.15, 0.2) is 0 Å². The molecule has 3 aromatic carbocycles. The van der Waals surface area contributed by atoms with Gasteiger partial charge in [-0.15, -0.1) is 0 Å². The van der Waals surface area contributed by atoms with Gasteiger partial charge in [0.1, 0.15) is 30.6 Å². The van der Waals surface area contributed by atoms with E-state index < -0.39 is 39.7 Å². The summed E-state index contributed by atoms with van der Waals surface area (Å²) in [7, 11) is -4.18. The van der Waals surface area contributed by atoms with Crippen molar-refractivity contribution in [3.8, 4) is 16.9 Å². The van der Waals surface area contributed by atoms with Crippen LogP contribution in [0.15, 0.2) is 71.1 Å². The Morgan fingerprint density at radius 3 is 2.32 bits per heavy atom. The zero-order valence-electron chi connectivity index (χ0n) is 30.4. The number of sulfonamides is 1. The lowest BCUT2D eigenvalue weighted by Crippen LogP contribution is -2.42. The number of aliphatic imine (C=N–C) groups is 1. The molecule has 1 heterocycles. The maximum Gasteiger partial charge on any atom is 0.407 e. The first kappa shape index (κ1) is 38.9. The molecule has 282 valence electrons. The first-order chi connectivity index (χ1) is 25.2. The predicted molar refractivity (Wildman–Crippen MR) is 199 cm³/mol. The molecule has 14 heteroatoms. The molecule has 2 aliphatic rings. The Bertz CT molecular complexity index is 2020. The van der Waals surface area contributed by atoms with Gasteiger partial charge in [-0.3, -0.25) is 9.79 Å². The van der Waals surface area contributed by atoms with Gasteiger partial charge in [-0.1, -0.05) is 61.2 Å². The number of nitrogens with zero attached hydrogens (tertiary/aromatic N) is 1. The Labute approximate surface area is 309 Å². The maximum atomic E-state index is 13.6. The van der Waals surface area contributed by atoms with Gasteiger partial charge >= 0.3 is 18.0 Å². The number of hydrogen-bond donors (Lipinski definition) is 4. The second-order valence-electron chi connectivity index (χ2n) is 13.6. The molecule has 0 bridgehead atoms. The second-order valence-corrected chi connectivity index (χ2v) is 15.2. The van der Waals surface area contributed by atoms with Gasteiger partial charge < -0.3 is 30.4 Å². The van der Waals surface area contributed by atoms with Gasteiger partial charge in [0.25, 0.3) is 10.0 Å². The zero-order valence-corrected chi connectivity index (χ0v) is 31.2. The van der Waals surface area contributed by atoms with E-state index in [1.807, 2.05) is 48.5 Å². The zero-order chi connectivity index (χ0) is 38.5. The summed E-state index contributed by atoms with van der Waals surface area (Å²) in [5.41, 5.74) is 11.6. The molecule has 53 heavy (non-hydrogen) atoms. The Morgan fingerprint density at radius 1 is 1.06 bits per heavy atom. The molecule has 0 spiro atoms. The fourth-order valence-electron chi connectivity index (χ4n) is 7.12. The van der Waals surface area contributed by atoms with Gasteiger partial charge in [-0.2, -0.15) is 0 Å². The van der Waals surface area contributed by atoms with Crippen molar-refractivity contribution >= 4 is 34.0 Å². The standard InChI is InChI=1S/C39H46N4O9S/c1-6-20-50-36(46)32(42-38(47)51-22-31-29-14-9-7-12-27(29)28-13-8-10-15-30(28)31)16-11-19-41-37(40)43-53(48,49)35-24(3)23(2)34-26(25(35)4)17-18-39(5,52-34)21-33(44)45/h6-10,12-15,31-32H,1,11,16-22H2,2-5H3,(H,42,47)(H,44,45)(H3,40,41,43)/t32-,39?/m0/s1. The third-order valence-electron chi connectivity index (χ3n) is 9.79. The highest BCUT2D eigenvalue weighted by Gasteiger charge is 2.38. The van der Waals surface area contributed by atoms with Crippen molar-refractivity contribution in [1.29, 1.82) is 0 Å². The third kappa shape index (κ3) is 8.65. The molecule has 5 rings (SSSR count). The van der Waals surface area contributed by atoms with Crippen molar-refractivity contribution in [2.24, 2.45) is 10.7 Å². The van der Waals surface area contributed by atoms with Crippen LogP contribution < -0.4 is 20.5 Å². The number of alkyl carbamates (subject to hydrolysis) is 1. The van der Waals surface area contributed by atoms with Gasteiger partial charge in [0.05, 0.1) is 11.3 Å². The molecule has 13 nitrogen and oxygen atoms in total. The quantitative estimate of drug-likeness (QED) is 0.0561.